The van der Waals surface area contributed by atoms with E-state index in [-0.39, 0.29) is 6.03 Å². The summed E-state index contributed by atoms with van der Waals surface area (Å²) >= 11 is 1.65. The quantitative estimate of drug-likeness (QED) is 0.862. The Bertz CT molecular complexity index is 764. The average Bonchev–Trinajstić information content (AvgIpc) is 3.28. The van der Waals surface area contributed by atoms with Crippen molar-refractivity contribution in [3.8, 4) is 0 Å². The topological polar surface area (TPSA) is 66.5 Å². The number of nitrogens with zero attached hydrogens (tertiary/aromatic N) is 2. The van der Waals surface area contributed by atoms with Gasteiger partial charge in [-0.2, -0.15) is 0 Å². The van der Waals surface area contributed by atoms with E-state index in [2.05, 4.69) is 15.6 Å². The molecule has 2 saturated heterocycles. The minimum absolute atomic E-state index is 0.00931. The Balaban J connectivity index is 1.26. The van der Waals surface area contributed by atoms with Crippen molar-refractivity contribution in [2.75, 3.05) is 38.1 Å². The van der Waals surface area contributed by atoms with Crippen LogP contribution in [0.2, 0.25) is 0 Å². The summed E-state index contributed by atoms with van der Waals surface area (Å²) in [6.45, 7) is 6.46. The molecule has 2 N–H and O–H groups in total. The lowest BCUT2D eigenvalue weighted by Crippen LogP contribution is -2.42. The first kappa shape index (κ1) is 17.7. The number of nitrogens with one attached hydrogen (secondary N) is 2. The molecule has 2 aliphatic heterocycles. The van der Waals surface area contributed by atoms with Crippen molar-refractivity contribution in [1.82, 2.24) is 15.2 Å². The summed E-state index contributed by atoms with van der Waals surface area (Å²) in [7, 11) is 0. The maximum absolute atomic E-state index is 12.5. The number of amides is 2. The van der Waals surface area contributed by atoms with E-state index in [0.717, 1.165) is 73.0 Å². The van der Waals surface area contributed by atoms with Crippen LogP contribution < -0.4 is 10.6 Å². The zero-order chi connectivity index (χ0) is 17.9. The number of aromatic nitrogens is 1. The van der Waals surface area contributed by atoms with E-state index < -0.39 is 0 Å². The van der Waals surface area contributed by atoms with E-state index in [1.165, 1.54) is 0 Å². The number of rotatable bonds is 4. The second kappa shape index (κ2) is 7.90. The highest BCUT2D eigenvalue weighted by Gasteiger charge is 2.24. The summed E-state index contributed by atoms with van der Waals surface area (Å²) in [5.41, 5.74) is 1.83. The van der Waals surface area contributed by atoms with Crippen LogP contribution >= 0.6 is 11.3 Å². The number of likely N-dealkylation sites (tertiary alicyclic amines) is 1. The number of carbonyl (C=O) groups is 1. The summed E-state index contributed by atoms with van der Waals surface area (Å²) in [6.07, 6.45) is 3.52. The van der Waals surface area contributed by atoms with E-state index in [1.54, 1.807) is 11.3 Å². The number of carbonyl (C=O) groups excluding carboxylic acids is 1. The molecule has 6 nitrogen and oxygen atoms in total. The molecule has 26 heavy (non-hydrogen) atoms. The second-order valence-corrected chi connectivity index (χ2v) is 8.46. The molecule has 2 fully saturated rings. The standard InChI is InChI=1S/C19H26N4O2S/c1-13-21-17-3-2-15(10-18(17)26-13)22-19(24)23-8-5-14(6-9-23)12-25-16-4-7-20-11-16/h2-3,10,14,16,20H,4-9,11-12H2,1H3,(H,22,24). The van der Waals surface area contributed by atoms with Crippen LogP contribution in [-0.4, -0.2) is 54.8 Å². The van der Waals surface area contributed by atoms with Crippen molar-refractivity contribution in [3.63, 3.8) is 0 Å². The van der Waals surface area contributed by atoms with E-state index in [0.29, 0.717) is 12.0 Å². The molecule has 0 radical (unpaired) electrons. The van der Waals surface area contributed by atoms with Crippen LogP contribution in [0.4, 0.5) is 10.5 Å². The average molecular weight is 375 g/mol. The highest BCUT2D eigenvalue weighted by atomic mass is 32.1. The van der Waals surface area contributed by atoms with E-state index in [4.69, 9.17) is 4.74 Å². The summed E-state index contributed by atoms with van der Waals surface area (Å²) in [4.78, 5) is 18.9. The minimum Gasteiger partial charge on any atom is -0.377 e. The van der Waals surface area contributed by atoms with Crippen LogP contribution in [-0.2, 0) is 4.74 Å². The number of anilines is 1. The van der Waals surface area contributed by atoms with Crippen LogP contribution in [0.1, 0.15) is 24.3 Å². The second-order valence-electron chi connectivity index (χ2n) is 7.22. The summed E-state index contributed by atoms with van der Waals surface area (Å²) in [5.74, 6) is 0.566. The zero-order valence-electron chi connectivity index (χ0n) is 15.2. The third-order valence-corrected chi connectivity index (χ3v) is 6.16. The molecule has 2 amide bonds. The van der Waals surface area contributed by atoms with Gasteiger partial charge in [0.2, 0.25) is 0 Å². The van der Waals surface area contributed by atoms with Gasteiger partial charge in [-0.3, -0.25) is 0 Å². The molecule has 3 heterocycles. The van der Waals surface area contributed by atoms with Crippen molar-refractivity contribution in [2.45, 2.75) is 32.3 Å². The number of aryl methyl sites for hydroxylation is 1. The first-order valence-corrected chi connectivity index (χ1v) is 10.2. The largest absolute Gasteiger partial charge is 0.377 e. The Morgan fingerprint density at radius 1 is 1.38 bits per heavy atom. The van der Waals surface area contributed by atoms with Gasteiger partial charge in [-0.25, -0.2) is 9.78 Å². The molecular weight excluding hydrogens is 348 g/mol. The van der Waals surface area contributed by atoms with Crippen LogP contribution in [0, 0.1) is 12.8 Å². The van der Waals surface area contributed by atoms with Crippen molar-refractivity contribution in [2.24, 2.45) is 5.92 Å². The lowest BCUT2D eigenvalue weighted by Gasteiger charge is -2.32. The number of piperidine rings is 1. The molecule has 0 aliphatic carbocycles. The number of thiazole rings is 1. The molecule has 0 bridgehead atoms. The lowest BCUT2D eigenvalue weighted by atomic mass is 9.98. The Kier molecular flexibility index (Phi) is 5.38. The summed E-state index contributed by atoms with van der Waals surface area (Å²) in [5, 5.41) is 7.40. The Labute approximate surface area is 157 Å². The Morgan fingerprint density at radius 3 is 3.00 bits per heavy atom. The molecule has 7 heteroatoms. The SMILES string of the molecule is Cc1nc2ccc(NC(=O)N3CCC(COC4CCNC4)CC3)cc2s1. The highest BCUT2D eigenvalue weighted by molar-refractivity contribution is 7.18. The normalized spacial score (nSPS) is 21.4. The third-order valence-electron chi connectivity index (χ3n) is 5.23. The highest BCUT2D eigenvalue weighted by Crippen LogP contribution is 2.25. The molecule has 1 aromatic carbocycles. The lowest BCUT2D eigenvalue weighted by molar-refractivity contribution is 0.0265. The number of urea groups is 1. The van der Waals surface area contributed by atoms with Gasteiger partial charge in [0.05, 0.1) is 21.3 Å². The van der Waals surface area contributed by atoms with Crippen molar-refractivity contribution >= 4 is 33.3 Å². The first-order valence-electron chi connectivity index (χ1n) is 9.43. The molecule has 0 saturated carbocycles. The van der Waals surface area contributed by atoms with Gasteiger partial charge in [0.15, 0.2) is 0 Å². The maximum Gasteiger partial charge on any atom is 0.321 e. The predicted octanol–water partition coefficient (Wildman–Crippen LogP) is 3.23. The number of fused-ring (bicyclic) bond motifs is 1. The van der Waals surface area contributed by atoms with Gasteiger partial charge < -0.3 is 20.3 Å². The molecule has 1 atom stereocenters. The summed E-state index contributed by atoms with van der Waals surface area (Å²) < 4.78 is 7.10. The van der Waals surface area contributed by atoms with Gasteiger partial charge in [-0.1, -0.05) is 0 Å². The van der Waals surface area contributed by atoms with Gasteiger partial charge in [-0.15, -0.1) is 11.3 Å². The molecule has 1 unspecified atom stereocenters. The van der Waals surface area contributed by atoms with Crippen LogP contribution in [0.3, 0.4) is 0 Å². The van der Waals surface area contributed by atoms with Crippen molar-refractivity contribution in [1.29, 1.82) is 0 Å². The number of benzene rings is 1. The van der Waals surface area contributed by atoms with Gasteiger partial charge in [0.25, 0.3) is 0 Å². The number of ether oxygens (including phenoxy) is 1. The third kappa shape index (κ3) is 4.16. The fraction of sp³-hybridized carbons (Fsp3) is 0.579. The van der Waals surface area contributed by atoms with Gasteiger partial charge in [0.1, 0.15) is 0 Å². The van der Waals surface area contributed by atoms with Crippen molar-refractivity contribution in [3.05, 3.63) is 23.2 Å². The zero-order valence-corrected chi connectivity index (χ0v) is 16.0. The fourth-order valence-electron chi connectivity index (χ4n) is 3.67. The molecule has 2 aromatic rings. The molecule has 4 rings (SSSR count). The fourth-order valence-corrected chi connectivity index (χ4v) is 4.53. The Morgan fingerprint density at radius 2 is 2.23 bits per heavy atom. The smallest absolute Gasteiger partial charge is 0.321 e. The molecule has 1 aromatic heterocycles. The Hall–Kier alpha value is -1.70. The van der Waals surface area contributed by atoms with Crippen molar-refractivity contribution < 1.29 is 9.53 Å². The molecular formula is C19H26N4O2S. The molecule has 140 valence electrons. The van der Waals surface area contributed by atoms with Crippen LogP contribution in [0.25, 0.3) is 10.2 Å². The van der Waals surface area contributed by atoms with E-state index in [9.17, 15) is 4.79 Å². The first-order chi connectivity index (χ1) is 12.7. The number of hydrogen-bond acceptors (Lipinski definition) is 5. The minimum atomic E-state index is -0.00931. The van der Waals surface area contributed by atoms with Gasteiger partial charge in [0, 0.05) is 31.9 Å². The monoisotopic (exact) mass is 374 g/mol. The van der Waals surface area contributed by atoms with E-state index in [1.807, 2.05) is 30.0 Å². The van der Waals surface area contributed by atoms with Crippen LogP contribution in [0.5, 0.6) is 0 Å². The van der Waals surface area contributed by atoms with Gasteiger partial charge >= 0.3 is 6.03 Å². The molecule has 0 spiro atoms. The summed E-state index contributed by atoms with van der Waals surface area (Å²) in [6, 6.07) is 5.89. The molecule has 2 aliphatic rings. The predicted molar refractivity (Wildman–Crippen MR) is 105 cm³/mol. The van der Waals surface area contributed by atoms with Gasteiger partial charge in [-0.05, 0) is 56.8 Å². The maximum atomic E-state index is 12.5. The van der Waals surface area contributed by atoms with E-state index >= 15 is 0 Å². The number of hydrogen-bond donors (Lipinski definition) is 2. The van der Waals surface area contributed by atoms with Crippen LogP contribution in [0.15, 0.2) is 18.2 Å².